The van der Waals surface area contributed by atoms with E-state index < -0.39 is 0 Å². The number of hydrogen-bond donors (Lipinski definition) is 2. The summed E-state index contributed by atoms with van der Waals surface area (Å²) in [5.74, 6) is -0.0388. The Morgan fingerprint density at radius 2 is 1.90 bits per heavy atom. The van der Waals surface area contributed by atoms with Gasteiger partial charge in [-0.15, -0.1) is 0 Å². The van der Waals surface area contributed by atoms with Crippen molar-refractivity contribution in [3.8, 4) is 0 Å². The van der Waals surface area contributed by atoms with Crippen molar-refractivity contribution in [2.45, 2.75) is 19.9 Å². The summed E-state index contributed by atoms with van der Waals surface area (Å²) >= 11 is 2.30. The SMILES string of the molecule is CCNC(=O)c1cccc(NC(C)c2ccc(I)cc2)c1. The molecular weight excluding hydrogens is 375 g/mol. The Labute approximate surface area is 139 Å². The van der Waals surface area contributed by atoms with Gasteiger partial charge in [-0.05, 0) is 72.3 Å². The molecule has 0 aliphatic heterocycles. The summed E-state index contributed by atoms with van der Waals surface area (Å²) in [6.45, 7) is 4.66. The molecule has 2 rings (SSSR count). The number of nitrogens with one attached hydrogen (secondary N) is 2. The van der Waals surface area contributed by atoms with Gasteiger partial charge in [0.1, 0.15) is 0 Å². The van der Waals surface area contributed by atoms with Crippen LogP contribution in [0.1, 0.15) is 35.8 Å². The van der Waals surface area contributed by atoms with E-state index in [9.17, 15) is 4.79 Å². The maximum atomic E-state index is 11.9. The third-order valence-electron chi connectivity index (χ3n) is 3.22. The molecule has 0 aromatic heterocycles. The van der Waals surface area contributed by atoms with Gasteiger partial charge in [0.2, 0.25) is 0 Å². The number of amides is 1. The summed E-state index contributed by atoms with van der Waals surface area (Å²) in [6.07, 6.45) is 0. The highest BCUT2D eigenvalue weighted by Crippen LogP contribution is 2.21. The Kier molecular flexibility index (Phi) is 5.61. The Morgan fingerprint density at radius 1 is 1.19 bits per heavy atom. The predicted molar refractivity (Wildman–Crippen MR) is 95.6 cm³/mol. The number of anilines is 1. The van der Waals surface area contributed by atoms with Crippen molar-refractivity contribution in [3.63, 3.8) is 0 Å². The summed E-state index contributed by atoms with van der Waals surface area (Å²) in [5, 5.41) is 6.25. The van der Waals surface area contributed by atoms with Crippen LogP contribution in [0.15, 0.2) is 48.5 Å². The monoisotopic (exact) mass is 394 g/mol. The number of hydrogen-bond acceptors (Lipinski definition) is 2. The first-order chi connectivity index (χ1) is 10.1. The molecule has 21 heavy (non-hydrogen) atoms. The normalized spacial score (nSPS) is 11.8. The van der Waals surface area contributed by atoms with Crippen molar-refractivity contribution < 1.29 is 4.79 Å². The largest absolute Gasteiger partial charge is 0.379 e. The van der Waals surface area contributed by atoms with Crippen molar-refractivity contribution >= 4 is 34.2 Å². The van der Waals surface area contributed by atoms with E-state index in [2.05, 4.69) is 64.4 Å². The molecule has 3 nitrogen and oxygen atoms in total. The van der Waals surface area contributed by atoms with Gasteiger partial charge in [0.25, 0.3) is 5.91 Å². The molecule has 2 aromatic carbocycles. The van der Waals surface area contributed by atoms with Gasteiger partial charge >= 0.3 is 0 Å². The molecule has 0 bridgehead atoms. The molecule has 1 atom stereocenters. The van der Waals surface area contributed by atoms with Gasteiger partial charge in [0, 0.05) is 27.4 Å². The van der Waals surface area contributed by atoms with E-state index in [-0.39, 0.29) is 11.9 Å². The number of halogens is 1. The summed E-state index contributed by atoms with van der Waals surface area (Å²) in [6, 6.07) is 16.2. The summed E-state index contributed by atoms with van der Waals surface area (Å²) < 4.78 is 1.22. The maximum Gasteiger partial charge on any atom is 0.251 e. The fourth-order valence-electron chi connectivity index (χ4n) is 2.10. The summed E-state index contributed by atoms with van der Waals surface area (Å²) in [5.41, 5.74) is 2.85. The Hall–Kier alpha value is -1.56. The lowest BCUT2D eigenvalue weighted by Gasteiger charge is -2.16. The third-order valence-corrected chi connectivity index (χ3v) is 3.93. The van der Waals surface area contributed by atoms with E-state index in [4.69, 9.17) is 0 Å². The highest BCUT2D eigenvalue weighted by Gasteiger charge is 2.08. The summed E-state index contributed by atoms with van der Waals surface area (Å²) in [7, 11) is 0. The van der Waals surface area contributed by atoms with E-state index >= 15 is 0 Å². The number of rotatable bonds is 5. The van der Waals surface area contributed by atoms with E-state index in [1.54, 1.807) is 0 Å². The first-order valence-electron chi connectivity index (χ1n) is 7.00. The smallest absolute Gasteiger partial charge is 0.251 e. The number of carbonyl (C=O) groups is 1. The first-order valence-corrected chi connectivity index (χ1v) is 8.08. The fraction of sp³-hybridized carbons (Fsp3) is 0.235. The minimum absolute atomic E-state index is 0.0388. The zero-order valence-electron chi connectivity index (χ0n) is 12.2. The molecule has 2 N–H and O–H groups in total. The lowest BCUT2D eigenvalue weighted by Crippen LogP contribution is -2.22. The van der Waals surface area contributed by atoms with E-state index in [0.29, 0.717) is 12.1 Å². The second kappa shape index (κ2) is 7.45. The van der Waals surface area contributed by atoms with Gasteiger partial charge in [-0.3, -0.25) is 4.79 Å². The topological polar surface area (TPSA) is 41.1 Å². The molecule has 1 unspecified atom stereocenters. The molecule has 1 amide bonds. The highest BCUT2D eigenvalue weighted by molar-refractivity contribution is 14.1. The zero-order chi connectivity index (χ0) is 15.2. The van der Waals surface area contributed by atoms with E-state index in [1.807, 2.05) is 31.2 Å². The van der Waals surface area contributed by atoms with Gasteiger partial charge < -0.3 is 10.6 Å². The van der Waals surface area contributed by atoms with Crippen LogP contribution >= 0.6 is 22.6 Å². The van der Waals surface area contributed by atoms with Gasteiger partial charge in [-0.2, -0.15) is 0 Å². The second-order valence-corrected chi connectivity index (χ2v) is 6.10. The number of carbonyl (C=O) groups excluding carboxylic acids is 1. The molecule has 0 aliphatic rings. The van der Waals surface area contributed by atoms with Crippen molar-refractivity contribution in [1.29, 1.82) is 0 Å². The van der Waals surface area contributed by atoms with Crippen LogP contribution in [0.5, 0.6) is 0 Å². The maximum absolute atomic E-state index is 11.9. The zero-order valence-corrected chi connectivity index (χ0v) is 14.3. The van der Waals surface area contributed by atoms with Crippen molar-refractivity contribution in [3.05, 3.63) is 63.2 Å². The van der Waals surface area contributed by atoms with Crippen LogP contribution in [-0.2, 0) is 0 Å². The Morgan fingerprint density at radius 3 is 2.57 bits per heavy atom. The fourth-order valence-corrected chi connectivity index (χ4v) is 2.46. The van der Waals surface area contributed by atoms with Crippen LogP contribution < -0.4 is 10.6 Å². The van der Waals surface area contributed by atoms with Gasteiger partial charge in [0.15, 0.2) is 0 Å². The Bertz CT molecular complexity index is 610. The lowest BCUT2D eigenvalue weighted by molar-refractivity contribution is 0.0956. The summed E-state index contributed by atoms with van der Waals surface area (Å²) in [4.78, 5) is 11.9. The average Bonchev–Trinajstić information content (AvgIpc) is 2.48. The minimum Gasteiger partial charge on any atom is -0.379 e. The van der Waals surface area contributed by atoms with Gasteiger partial charge in [0.05, 0.1) is 0 Å². The molecule has 110 valence electrons. The lowest BCUT2D eigenvalue weighted by atomic mass is 10.1. The predicted octanol–water partition coefficient (Wildman–Crippen LogP) is 4.21. The molecule has 4 heteroatoms. The Balaban J connectivity index is 2.10. The highest BCUT2D eigenvalue weighted by atomic mass is 127. The van der Waals surface area contributed by atoms with Crippen LogP contribution in [0.3, 0.4) is 0 Å². The van der Waals surface area contributed by atoms with E-state index in [0.717, 1.165) is 5.69 Å². The van der Waals surface area contributed by atoms with Crippen molar-refractivity contribution in [1.82, 2.24) is 5.32 Å². The quantitative estimate of drug-likeness (QED) is 0.746. The average molecular weight is 394 g/mol. The first kappa shape index (κ1) is 15.8. The molecule has 0 heterocycles. The van der Waals surface area contributed by atoms with Gasteiger partial charge in [-0.25, -0.2) is 0 Å². The van der Waals surface area contributed by atoms with Crippen LogP contribution in [0.25, 0.3) is 0 Å². The molecule has 0 saturated heterocycles. The van der Waals surface area contributed by atoms with Crippen molar-refractivity contribution in [2.75, 3.05) is 11.9 Å². The van der Waals surface area contributed by atoms with Crippen LogP contribution in [0.2, 0.25) is 0 Å². The van der Waals surface area contributed by atoms with Gasteiger partial charge in [-0.1, -0.05) is 18.2 Å². The van der Waals surface area contributed by atoms with Crippen molar-refractivity contribution in [2.24, 2.45) is 0 Å². The second-order valence-electron chi connectivity index (χ2n) is 4.86. The third kappa shape index (κ3) is 4.46. The molecule has 2 aromatic rings. The van der Waals surface area contributed by atoms with Crippen LogP contribution in [0.4, 0.5) is 5.69 Å². The molecular formula is C17H19IN2O. The minimum atomic E-state index is -0.0388. The molecule has 0 fully saturated rings. The molecule has 0 saturated carbocycles. The van der Waals surface area contributed by atoms with Crippen LogP contribution in [-0.4, -0.2) is 12.5 Å². The molecule has 0 radical (unpaired) electrons. The standard InChI is InChI=1S/C17H19IN2O/c1-3-19-17(21)14-5-4-6-16(11-14)20-12(2)13-7-9-15(18)10-8-13/h4-12,20H,3H2,1-2H3,(H,19,21). The van der Waals surface area contributed by atoms with E-state index in [1.165, 1.54) is 9.13 Å². The molecule has 0 spiro atoms. The van der Waals surface area contributed by atoms with Crippen LogP contribution in [0, 0.1) is 3.57 Å². The number of benzene rings is 2. The molecule has 0 aliphatic carbocycles.